The first kappa shape index (κ1) is 27.9. The molecule has 1 aromatic carbocycles. The number of nitrogens with one attached hydrogen (secondary N) is 2. The van der Waals surface area contributed by atoms with Crippen molar-refractivity contribution in [1.82, 2.24) is 20.0 Å². The lowest BCUT2D eigenvalue weighted by molar-refractivity contribution is -0.138. The lowest BCUT2D eigenvalue weighted by Gasteiger charge is -2.29. The fourth-order valence-corrected chi connectivity index (χ4v) is 4.07. The molecule has 0 atom stereocenters. The molecule has 10 nitrogen and oxygen atoms in total. The summed E-state index contributed by atoms with van der Waals surface area (Å²) in [5.74, 6) is -0.794. The number of aliphatic carboxylic acids is 1. The van der Waals surface area contributed by atoms with E-state index in [0.717, 1.165) is 77.3 Å². The van der Waals surface area contributed by atoms with E-state index >= 15 is 0 Å². The molecule has 1 aliphatic heterocycles. The number of anilines is 1. The summed E-state index contributed by atoms with van der Waals surface area (Å²) < 4.78 is 4.98. The molecule has 190 valence electrons. The second kappa shape index (κ2) is 16.3. The molecule has 0 amide bonds. The average Bonchev–Trinajstić information content (AvgIpc) is 2.80. The van der Waals surface area contributed by atoms with Crippen LogP contribution < -0.4 is 16.4 Å². The Morgan fingerprint density at radius 2 is 1.76 bits per heavy atom. The maximum Gasteiger partial charge on any atom is 0.317 e. The van der Waals surface area contributed by atoms with Crippen molar-refractivity contribution in [3.63, 3.8) is 0 Å². The van der Waals surface area contributed by atoms with Gasteiger partial charge in [0, 0.05) is 45.0 Å². The standard InChI is InChI=1S/C23H38N6O4S/c24-23(34)26-21-5-3-20(4-6-21)7-13-27-11-2-12-29(18-33-19-30)14-9-25-8-1-10-28(16-15-27)17-22(31)32/h3-6,19,25H,1-2,7-18H2,(H,31,32)(H3,24,26,34). The van der Waals surface area contributed by atoms with Gasteiger partial charge in [-0.3, -0.25) is 19.4 Å². The van der Waals surface area contributed by atoms with Gasteiger partial charge in [-0.1, -0.05) is 12.1 Å². The van der Waals surface area contributed by atoms with Crippen LogP contribution in [0.15, 0.2) is 24.3 Å². The summed E-state index contributed by atoms with van der Waals surface area (Å²) in [5, 5.41) is 15.9. The SMILES string of the molecule is NC(=S)Nc1ccc(CCN2CCCN(COC=O)CCNCCCN(CC(=O)O)CC2)cc1. The summed E-state index contributed by atoms with van der Waals surface area (Å²) in [4.78, 5) is 28.5. The second-order valence-corrected chi connectivity index (χ2v) is 8.85. The Morgan fingerprint density at radius 3 is 2.47 bits per heavy atom. The van der Waals surface area contributed by atoms with Gasteiger partial charge >= 0.3 is 5.97 Å². The van der Waals surface area contributed by atoms with Gasteiger partial charge in [-0.2, -0.15) is 0 Å². The molecule has 5 N–H and O–H groups in total. The minimum absolute atomic E-state index is 0.0577. The van der Waals surface area contributed by atoms with Crippen LogP contribution >= 0.6 is 12.2 Å². The van der Waals surface area contributed by atoms with Crippen LogP contribution in [0.4, 0.5) is 5.69 Å². The van der Waals surface area contributed by atoms with E-state index in [9.17, 15) is 14.7 Å². The van der Waals surface area contributed by atoms with Gasteiger partial charge in [-0.05, 0) is 68.8 Å². The number of rotatable bonds is 9. The zero-order valence-electron chi connectivity index (χ0n) is 19.8. The Hall–Kier alpha value is -2.31. The molecule has 0 aliphatic carbocycles. The number of hydrogen-bond donors (Lipinski definition) is 4. The van der Waals surface area contributed by atoms with Crippen LogP contribution in [0.1, 0.15) is 18.4 Å². The number of hydrogen-bond acceptors (Lipinski definition) is 8. The quantitative estimate of drug-likeness (QED) is 0.282. The van der Waals surface area contributed by atoms with Crippen molar-refractivity contribution in [2.24, 2.45) is 5.73 Å². The van der Waals surface area contributed by atoms with E-state index in [1.165, 1.54) is 5.56 Å². The summed E-state index contributed by atoms with van der Waals surface area (Å²) in [6, 6.07) is 8.05. The molecular formula is C23H38N6O4S. The number of nitrogens with zero attached hydrogens (tertiary/aromatic N) is 3. The van der Waals surface area contributed by atoms with Gasteiger partial charge < -0.3 is 31.1 Å². The largest absolute Gasteiger partial charge is 0.480 e. The summed E-state index contributed by atoms with van der Waals surface area (Å²) in [6.45, 7) is 8.07. The third-order valence-corrected chi connectivity index (χ3v) is 5.84. The van der Waals surface area contributed by atoms with Crippen molar-refractivity contribution >= 4 is 35.5 Å². The van der Waals surface area contributed by atoms with Crippen LogP contribution in [0, 0.1) is 0 Å². The summed E-state index contributed by atoms with van der Waals surface area (Å²) >= 11 is 4.88. The minimum Gasteiger partial charge on any atom is -0.480 e. The highest BCUT2D eigenvalue weighted by Crippen LogP contribution is 2.11. The van der Waals surface area contributed by atoms with E-state index in [0.29, 0.717) is 19.7 Å². The Labute approximate surface area is 207 Å². The Balaban J connectivity index is 1.98. The maximum absolute atomic E-state index is 11.3. The summed E-state index contributed by atoms with van der Waals surface area (Å²) in [7, 11) is 0. The highest BCUT2D eigenvalue weighted by Gasteiger charge is 2.14. The Morgan fingerprint density at radius 1 is 1.06 bits per heavy atom. The molecule has 1 fully saturated rings. The molecule has 1 heterocycles. The molecule has 1 aliphatic rings. The number of nitrogens with two attached hydrogens (primary N) is 1. The first-order valence-corrected chi connectivity index (χ1v) is 12.2. The normalized spacial score (nSPS) is 18.0. The number of benzene rings is 1. The third-order valence-electron chi connectivity index (χ3n) is 5.74. The number of carboxylic acid groups (broad SMARTS) is 1. The molecule has 11 heteroatoms. The van der Waals surface area contributed by atoms with Gasteiger partial charge in [0.15, 0.2) is 5.11 Å². The van der Waals surface area contributed by atoms with E-state index in [1.807, 2.05) is 17.0 Å². The predicted octanol–water partition coefficient (Wildman–Crippen LogP) is 0.389. The van der Waals surface area contributed by atoms with Crippen LogP contribution in [0.2, 0.25) is 0 Å². The molecule has 1 aromatic rings. The number of carbonyl (C=O) groups is 2. The fourth-order valence-electron chi connectivity index (χ4n) is 3.95. The van der Waals surface area contributed by atoms with Crippen molar-refractivity contribution in [2.45, 2.75) is 19.3 Å². The minimum atomic E-state index is -0.794. The molecule has 0 unspecified atom stereocenters. The van der Waals surface area contributed by atoms with Crippen LogP contribution in [0.5, 0.6) is 0 Å². The maximum atomic E-state index is 11.3. The fraction of sp³-hybridized carbons (Fsp3) is 0.609. The molecule has 0 aromatic heterocycles. The molecule has 2 rings (SSSR count). The molecular weight excluding hydrogens is 456 g/mol. The number of carboxylic acids is 1. The van der Waals surface area contributed by atoms with E-state index < -0.39 is 5.97 Å². The Bertz CT molecular complexity index is 751. The van der Waals surface area contributed by atoms with Crippen molar-refractivity contribution in [1.29, 1.82) is 0 Å². The first-order chi connectivity index (χ1) is 16.5. The summed E-state index contributed by atoms with van der Waals surface area (Å²) in [5.41, 5.74) is 7.61. The van der Waals surface area contributed by atoms with Crippen molar-refractivity contribution in [3.05, 3.63) is 29.8 Å². The highest BCUT2D eigenvalue weighted by molar-refractivity contribution is 7.80. The van der Waals surface area contributed by atoms with Gasteiger partial charge in [0.2, 0.25) is 0 Å². The van der Waals surface area contributed by atoms with Crippen LogP contribution in [0.25, 0.3) is 0 Å². The number of ether oxygens (including phenoxy) is 1. The lowest BCUT2D eigenvalue weighted by atomic mass is 10.1. The smallest absolute Gasteiger partial charge is 0.317 e. The molecule has 0 spiro atoms. The van der Waals surface area contributed by atoms with E-state index in [-0.39, 0.29) is 11.7 Å². The van der Waals surface area contributed by atoms with Crippen molar-refractivity contribution < 1.29 is 19.4 Å². The van der Waals surface area contributed by atoms with Crippen LogP contribution in [-0.2, 0) is 20.7 Å². The van der Waals surface area contributed by atoms with Crippen LogP contribution in [-0.4, -0.2) is 110 Å². The molecule has 0 radical (unpaired) electrons. The van der Waals surface area contributed by atoms with Crippen LogP contribution in [0.3, 0.4) is 0 Å². The topological polar surface area (TPSA) is 123 Å². The van der Waals surface area contributed by atoms with E-state index in [2.05, 4.69) is 32.6 Å². The third kappa shape index (κ3) is 12.2. The monoisotopic (exact) mass is 494 g/mol. The first-order valence-electron chi connectivity index (χ1n) is 11.8. The molecule has 1 saturated heterocycles. The van der Waals surface area contributed by atoms with E-state index in [4.69, 9.17) is 22.7 Å². The molecule has 34 heavy (non-hydrogen) atoms. The molecule has 0 saturated carbocycles. The highest BCUT2D eigenvalue weighted by atomic mass is 32.1. The van der Waals surface area contributed by atoms with Gasteiger partial charge in [0.05, 0.1) is 6.54 Å². The molecule has 0 bridgehead atoms. The summed E-state index contributed by atoms with van der Waals surface area (Å²) in [6.07, 6.45) is 2.69. The van der Waals surface area contributed by atoms with Crippen molar-refractivity contribution in [2.75, 3.05) is 77.5 Å². The average molecular weight is 495 g/mol. The zero-order valence-corrected chi connectivity index (χ0v) is 20.6. The van der Waals surface area contributed by atoms with Gasteiger partial charge in [-0.15, -0.1) is 0 Å². The van der Waals surface area contributed by atoms with E-state index in [1.54, 1.807) is 0 Å². The van der Waals surface area contributed by atoms with Gasteiger partial charge in [0.1, 0.15) is 6.73 Å². The van der Waals surface area contributed by atoms with Gasteiger partial charge in [0.25, 0.3) is 6.47 Å². The Kier molecular flexibility index (Phi) is 13.4. The number of carbonyl (C=O) groups excluding carboxylic acids is 1. The zero-order chi connectivity index (χ0) is 24.6. The number of thiocarbonyl (C=S) groups is 1. The van der Waals surface area contributed by atoms with Gasteiger partial charge in [-0.25, -0.2) is 0 Å². The van der Waals surface area contributed by atoms with Crippen molar-refractivity contribution in [3.8, 4) is 0 Å². The second-order valence-electron chi connectivity index (χ2n) is 8.41. The lowest BCUT2D eigenvalue weighted by Crippen LogP contribution is -2.42. The predicted molar refractivity (Wildman–Crippen MR) is 137 cm³/mol.